The Labute approximate surface area is 124 Å². The highest BCUT2D eigenvalue weighted by Gasteiger charge is 2.20. The van der Waals surface area contributed by atoms with E-state index in [1.165, 1.54) is 18.4 Å². The first-order chi connectivity index (χ1) is 10.4. The normalized spacial score (nSPS) is 14.5. The summed E-state index contributed by atoms with van der Waals surface area (Å²) in [6.07, 6.45) is 3.37. The maximum atomic E-state index is 5.55. The van der Waals surface area contributed by atoms with Gasteiger partial charge in [-0.15, -0.1) is 0 Å². The summed E-state index contributed by atoms with van der Waals surface area (Å²) in [6.45, 7) is 3.04. The van der Waals surface area contributed by atoms with Gasteiger partial charge in [-0.1, -0.05) is 35.5 Å². The van der Waals surface area contributed by atoms with Crippen LogP contribution in [0.1, 0.15) is 30.1 Å². The lowest BCUT2D eigenvalue weighted by Gasteiger charge is -2.03. The predicted molar refractivity (Wildman–Crippen MR) is 78.8 cm³/mol. The molecule has 1 aliphatic carbocycles. The lowest BCUT2D eigenvalue weighted by atomic mass is 10.1. The second kappa shape index (κ2) is 7.33. The maximum absolute atomic E-state index is 5.55. The zero-order chi connectivity index (χ0) is 14.3. The Balaban J connectivity index is 1.34. The molecule has 0 atom stereocenters. The molecule has 0 bridgehead atoms. The maximum Gasteiger partial charge on any atom is 0.240 e. The molecule has 1 aromatic carbocycles. The molecule has 0 aliphatic heterocycles. The molecule has 5 nitrogen and oxygen atoms in total. The number of nitrogens with one attached hydrogen (secondary N) is 1. The standard InChI is InChI=1S/C16H21N3O2/c1-2-4-13(5-3-1)10-15-18-16(21-19-15)11-17-8-9-20-12-14-6-7-14/h1-5,14,17H,6-12H2. The van der Waals surface area contributed by atoms with Crippen molar-refractivity contribution in [2.45, 2.75) is 25.8 Å². The summed E-state index contributed by atoms with van der Waals surface area (Å²) in [7, 11) is 0. The zero-order valence-corrected chi connectivity index (χ0v) is 12.1. The number of benzene rings is 1. The van der Waals surface area contributed by atoms with E-state index in [0.29, 0.717) is 18.9 Å². The van der Waals surface area contributed by atoms with Crippen LogP contribution < -0.4 is 5.32 Å². The van der Waals surface area contributed by atoms with Gasteiger partial charge < -0.3 is 14.6 Å². The zero-order valence-electron chi connectivity index (χ0n) is 12.1. The molecule has 2 aromatic rings. The molecule has 112 valence electrons. The van der Waals surface area contributed by atoms with Gasteiger partial charge in [0.15, 0.2) is 5.82 Å². The van der Waals surface area contributed by atoms with Crippen molar-refractivity contribution < 1.29 is 9.26 Å². The topological polar surface area (TPSA) is 60.2 Å². The third-order valence-electron chi connectivity index (χ3n) is 3.47. The van der Waals surface area contributed by atoms with Crippen molar-refractivity contribution in [3.8, 4) is 0 Å². The minimum atomic E-state index is 0.592. The second-order valence-corrected chi connectivity index (χ2v) is 5.46. The molecule has 1 N–H and O–H groups in total. The van der Waals surface area contributed by atoms with E-state index in [-0.39, 0.29) is 0 Å². The molecule has 5 heteroatoms. The van der Waals surface area contributed by atoms with Crippen molar-refractivity contribution >= 4 is 0 Å². The van der Waals surface area contributed by atoms with Gasteiger partial charge in [0.1, 0.15) is 0 Å². The van der Waals surface area contributed by atoms with Crippen LogP contribution in [0.2, 0.25) is 0 Å². The lowest BCUT2D eigenvalue weighted by molar-refractivity contribution is 0.125. The van der Waals surface area contributed by atoms with Crippen LogP contribution in [-0.4, -0.2) is 29.9 Å². The Hall–Kier alpha value is -1.72. The van der Waals surface area contributed by atoms with Gasteiger partial charge in [-0.2, -0.15) is 4.98 Å². The summed E-state index contributed by atoms with van der Waals surface area (Å²) in [5, 5.41) is 7.25. The SMILES string of the molecule is c1ccc(Cc2noc(CNCCOCC3CC3)n2)cc1. The van der Waals surface area contributed by atoms with E-state index in [9.17, 15) is 0 Å². The molecule has 0 spiro atoms. The first-order valence-corrected chi connectivity index (χ1v) is 7.54. The predicted octanol–water partition coefficient (Wildman–Crippen LogP) is 2.18. The molecule has 1 fully saturated rings. The summed E-state index contributed by atoms with van der Waals surface area (Å²) in [6, 6.07) is 10.1. The fraction of sp³-hybridized carbons (Fsp3) is 0.500. The molecule has 0 amide bonds. The van der Waals surface area contributed by atoms with Crippen LogP contribution >= 0.6 is 0 Å². The Morgan fingerprint density at radius 3 is 2.90 bits per heavy atom. The lowest BCUT2D eigenvalue weighted by Crippen LogP contribution is -2.20. The monoisotopic (exact) mass is 287 g/mol. The summed E-state index contributed by atoms with van der Waals surface area (Å²) in [4.78, 5) is 4.38. The first-order valence-electron chi connectivity index (χ1n) is 7.54. The minimum absolute atomic E-state index is 0.592. The highest BCUT2D eigenvalue weighted by atomic mass is 16.5. The van der Waals surface area contributed by atoms with Gasteiger partial charge in [0.25, 0.3) is 0 Å². The van der Waals surface area contributed by atoms with Crippen LogP contribution in [0.25, 0.3) is 0 Å². The summed E-state index contributed by atoms with van der Waals surface area (Å²) < 4.78 is 10.8. The van der Waals surface area contributed by atoms with Gasteiger partial charge in [-0.3, -0.25) is 0 Å². The van der Waals surface area contributed by atoms with Crippen LogP contribution in [0.5, 0.6) is 0 Å². The molecule has 0 saturated heterocycles. The molecular weight excluding hydrogens is 266 g/mol. The minimum Gasteiger partial charge on any atom is -0.380 e. The highest BCUT2D eigenvalue weighted by Crippen LogP contribution is 2.28. The third kappa shape index (κ3) is 4.95. The van der Waals surface area contributed by atoms with Gasteiger partial charge in [0.05, 0.1) is 13.2 Å². The molecule has 1 aromatic heterocycles. The second-order valence-electron chi connectivity index (χ2n) is 5.46. The Bertz CT molecular complexity index is 537. The van der Waals surface area contributed by atoms with E-state index in [2.05, 4.69) is 27.6 Å². The number of nitrogens with zero attached hydrogens (tertiary/aromatic N) is 2. The van der Waals surface area contributed by atoms with Crippen LogP contribution in [-0.2, 0) is 17.7 Å². The van der Waals surface area contributed by atoms with Crippen molar-refractivity contribution in [1.29, 1.82) is 0 Å². The van der Waals surface area contributed by atoms with Gasteiger partial charge >= 0.3 is 0 Å². The van der Waals surface area contributed by atoms with Crippen LogP contribution in [0.3, 0.4) is 0 Å². The van der Waals surface area contributed by atoms with E-state index in [0.717, 1.165) is 31.5 Å². The molecule has 0 unspecified atom stereocenters. The van der Waals surface area contributed by atoms with E-state index in [4.69, 9.17) is 9.26 Å². The number of hydrogen-bond acceptors (Lipinski definition) is 5. The first kappa shape index (κ1) is 14.2. The summed E-state index contributed by atoms with van der Waals surface area (Å²) in [5.74, 6) is 2.17. The van der Waals surface area contributed by atoms with Crippen molar-refractivity contribution in [3.63, 3.8) is 0 Å². The number of hydrogen-bond donors (Lipinski definition) is 1. The highest BCUT2D eigenvalue weighted by molar-refractivity contribution is 5.18. The van der Waals surface area contributed by atoms with E-state index in [1.807, 2.05) is 18.2 Å². The summed E-state index contributed by atoms with van der Waals surface area (Å²) >= 11 is 0. The number of ether oxygens (including phenoxy) is 1. The van der Waals surface area contributed by atoms with Crippen LogP contribution in [0, 0.1) is 5.92 Å². The third-order valence-corrected chi connectivity index (χ3v) is 3.47. The van der Waals surface area contributed by atoms with E-state index >= 15 is 0 Å². The fourth-order valence-electron chi connectivity index (χ4n) is 2.09. The molecule has 21 heavy (non-hydrogen) atoms. The van der Waals surface area contributed by atoms with Crippen molar-refractivity contribution in [3.05, 3.63) is 47.6 Å². The van der Waals surface area contributed by atoms with Crippen LogP contribution in [0.4, 0.5) is 0 Å². The van der Waals surface area contributed by atoms with E-state index in [1.54, 1.807) is 0 Å². The smallest absolute Gasteiger partial charge is 0.240 e. The average molecular weight is 287 g/mol. The van der Waals surface area contributed by atoms with Gasteiger partial charge in [0, 0.05) is 19.6 Å². The molecular formula is C16H21N3O2. The van der Waals surface area contributed by atoms with Crippen molar-refractivity contribution in [2.24, 2.45) is 5.92 Å². The van der Waals surface area contributed by atoms with E-state index < -0.39 is 0 Å². The van der Waals surface area contributed by atoms with Gasteiger partial charge in [-0.25, -0.2) is 0 Å². The van der Waals surface area contributed by atoms with Crippen molar-refractivity contribution in [2.75, 3.05) is 19.8 Å². The molecule has 1 saturated carbocycles. The Kier molecular flexibility index (Phi) is 4.97. The Morgan fingerprint density at radius 2 is 2.10 bits per heavy atom. The molecule has 0 radical (unpaired) electrons. The number of aromatic nitrogens is 2. The van der Waals surface area contributed by atoms with Gasteiger partial charge in [-0.05, 0) is 24.3 Å². The molecule has 1 aliphatic rings. The average Bonchev–Trinajstić information content (AvgIpc) is 3.23. The van der Waals surface area contributed by atoms with Crippen LogP contribution in [0.15, 0.2) is 34.9 Å². The largest absolute Gasteiger partial charge is 0.380 e. The molecule has 1 heterocycles. The Morgan fingerprint density at radius 1 is 1.24 bits per heavy atom. The number of rotatable bonds is 9. The summed E-state index contributed by atoms with van der Waals surface area (Å²) in [5.41, 5.74) is 1.19. The fourth-order valence-corrected chi connectivity index (χ4v) is 2.09. The quantitative estimate of drug-likeness (QED) is 0.716. The molecule has 3 rings (SSSR count). The van der Waals surface area contributed by atoms with Crippen molar-refractivity contribution in [1.82, 2.24) is 15.5 Å². The van der Waals surface area contributed by atoms with Gasteiger partial charge in [0.2, 0.25) is 5.89 Å².